The van der Waals surface area contributed by atoms with Crippen molar-refractivity contribution in [2.45, 2.75) is 45.4 Å². The fourth-order valence-corrected chi connectivity index (χ4v) is 2.54. The van der Waals surface area contributed by atoms with Gasteiger partial charge in [-0.25, -0.2) is 0 Å². The van der Waals surface area contributed by atoms with Crippen LogP contribution in [-0.2, 0) is 16.0 Å². The topological polar surface area (TPSA) is 34.1 Å². The highest BCUT2D eigenvalue weighted by Gasteiger charge is 2.27. The van der Waals surface area contributed by atoms with Gasteiger partial charge >= 0.3 is 0 Å². The highest BCUT2D eigenvalue weighted by atomic mass is 16.1. The van der Waals surface area contributed by atoms with Gasteiger partial charge in [-0.3, -0.25) is 0 Å². The van der Waals surface area contributed by atoms with E-state index in [2.05, 4.69) is 19.1 Å². The second kappa shape index (κ2) is 7.80. The zero-order valence-corrected chi connectivity index (χ0v) is 11.1. The van der Waals surface area contributed by atoms with Crippen LogP contribution in [0.5, 0.6) is 0 Å². The number of hydrogen-bond donors (Lipinski definition) is 0. The van der Waals surface area contributed by atoms with Gasteiger partial charge in [0.15, 0.2) is 0 Å². The minimum Gasteiger partial charge on any atom is -0.303 e. The highest BCUT2D eigenvalue weighted by molar-refractivity contribution is 5.50. The Morgan fingerprint density at radius 2 is 1.56 bits per heavy atom. The first-order valence-electron chi connectivity index (χ1n) is 6.67. The minimum atomic E-state index is 0.0865. The number of rotatable bonds is 9. The third kappa shape index (κ3) is 4.44. The number of carbonyl (C=O) groups excluding carboxylic acids is 2. The van der Waals surface area contributed by atoms with Crippen molar-refractivity contribution in [1.29, 1.82) is 0 Å². The maximum atomic E-state index is 10.6. The maximum absolute atomic E-state index is 10.6. The molecule has 0 heterocycles. The predicted octanol–water partition coefficient (Wildman–Crippen LogP) is 3.58. The van der Waals surface area contributed by atoms with Crippen LogP contribution in [0, 0.1) is 5.41 Å². The maximum Gasteiger partial charge on any atom is 0.120 e. The fraction of sp³-hybridized carbons (Fsp3) is 0.500. The number of benzene rings is 1. The first kappa shape index (κ1) is 14.6. The molecule has 98 valence electrons. The SMILES string of the molecule is CCC(CCC=O)(CCC=O)Cc1ccccc1. The zero-order valence-electron chi connectivity index (χ0n) is 11.1. The third-order valence-electron chi connectivity index (χ3n) is 3.76. The molecular weight excluding hydrogens is 224 g/mol. The van der Waals surface area contributed by atoms with Crippen LogP contribution in [0.4, 0.5) is 0 Å². The first-order valence-corrected chi connectivity index (χ1v) is 6.67. The van der Waals surface area contributed by atoms with Crippen LogP contribution < -0.4 is 0 Å². The molecule has 1 aromatic carbocycles. The van der Waals surface area contributed by atoms with Crippen LogP contribution in [0.1, 0.15) is 44.6 Å². The number of hydrogen-bond acceptors (Lipinski definition) is 2. The lowest BCUT2D eigenvalue weighted by molar-refractivity contribution is -0.108. The molecule has 0 saturated heterocycles. The van der Waals surface area contributed by atoms with Gasteiger partial charge in [-0.2, -0.15) is 0 Å². The Kier molecular flexibility index (Phi) is 6.34. The molecule has 0 N–H and O–H groups in total. The first-order chi connectivity index (χ1) is 8.76. The van der Waals surface area contributed by atoms with E-state index in [9.17, 15) is 9.59 Å². The van der Waals surface area contributed by atoms with E-state index >= 15 is 0 Å². The summed E-state index contributed by atoms with van der Waals surface area (Å²) in [6, 6.07) is 10.3. The summed E-state index contributed by atoms with van der Waals surface area (Å²) in [7, 11) is 0. The molecule has 2 heteroatoms. The molecule has 1 rings (SSSR count). The number of carbonyl (C=O) groups is 2. The summed E-state index contributed by atoms with van der Waals surface area (Å²) in [5, 5.41) is 0. The van der Waals surface area contributed by atoms with E-state index in [0.717, 1.165) is 38.3 Å². The molecule has 0 fully saturated rings. The molecule has 0 amide bonds. The average molecular weight is 246 g/mol. The van der Waals surface area contributed by atoms with Crippen molar-refractivity contribution >= 4 is 12.6 Å². The molecule has 0 radical (unpaired) electrons. The third-order valence-corrected chi connectivity index (χ3v) is 3.76. The Morgan fingerprint density at radius 1 is 1.00 bits per heavy atom. The van der Waals surface area contributed by atoms with Crippen LogP contribution in [0.25, 0.3) is 0 Å². The normalized spacial score (nSPS) is 11.2. The summed E-state index contributed by atoms with van der Waals surface area (Å²) in [5.74, 6) is 0. The second-order valence-corrected chi connectivity index (χ2v) is 4.93. The highest BCUT2D eigenvalue weighted by Crippen LogP contribution is 2.36. The summed E-state index contributed by atoms with van der Waals surface area (Å²) in [4.78, 5) is 21.2. The van der Waals surface area contributed by atoms with Gasteiger partial charge in [0, 0.05) is 12.8 Å². The van der Waals surface area contributed by atoms with Crippen LogP contribution in [0.2, 0.25) is 0 Å². The summed E-state index contributed by atoms with van der Waals surface area (Å²) in [6.45, 7) is 2.15. The Hall–Kier alpha value is -1.44. The van der Waals surface area contributed by atoms with Gasteiger partial charge in [0.2, 0.25) is 0 Å². The monoisotopic (exact) mass is 246 g/mol. The second-order valence-electron chi connectivity index (χ2n) is 4.93. The van der Waals surface area contributed by atoms with Gasteiger partial charge in [-0.15, -0.1) is 0 Å². The van der Waals surface area contributed by atoms with E-state index in [1.165, 1.54) is 5.56 Å². The van der Waals surface area contributed by atoms with E-state index in [-0.39, 0.29) is 5.41 Å². The Balaban J connectivity index is 2.79. The lowest BCUT2D eigenvalue weighted by Crippen LogP contribution is -2.23. The molecule has 0 aliphatic heterocycles. The summed E-state index contributed by atoms with van der Waals surface area (Å²) in [5.41, 5.74) is 1.37. The van der Waals surface area contributed by atoms with E-state index in [1.807, 2.05) is 18.2 Å². The molecule has 0 spiro atoms. The molecule has 2 nitrogen and oxygen atoms in total. The number of aldehydes is 2. The zero-order chi connectivity index (χ0) is 13.3. The Bertz CT molecular complexity index is 345. The van der Waals surface area contributed by atoms with Gasteiger partial charge in [0.25, 0.3) is 0 Å². The van der Waals surface area contributed by atoms with E-state index < -0.39 is 0 Å². The van der Waals surface area contributed by atoms with Crippen molar-refractivity contribution in [2.24, 2.45) is 5.41 Å². The molecule has 0 unspecified atom stereocenters. The molecule has 0 saturated carbocycles. The van der Waals surface area contributed by atoms with Gasteiger partial charge in [-0.05, 0) is 30.2 Å². The summed E-state index contributed by atoms with van der Waals surface area (Å²) >= 11 is 0. The smallest absolute Gasteiger partial charge is 0.120 e. The van der Waals surface area contributed by atoms with Crippen LogP contribution >= 0.6 is 0 Å². The average Bonchev–Trinajstić information content (AvgIpc) is 2.43. The minimum absolute atomic E-state index is 0.0865. The largest absolute Gasteiger partial charge is 0.303 e. The van der Waals surface area contributed by atoms with Gasteiger partial charge in [-0.1, -0.05) is 43.7 Å². The van der Waals surface area contributed by atoms with Crippen molar-refractivity contribution < 1.29 is 9.59 Å². The van der Waals surface area contributed by atoms with E-state index in [4.69, 9.17) is 0 Å². The molecule has 0 aromatic heterocycles. The van der Waals surface area contributed by atoms with Gasteiger partial charge in [0.1, 0.15) is 12.6 Å². The van der Waals surface area contributed by atoms with Gasteiger partial charge in [0.05, 0.1) is 0 Å². The van der Waals surface area contributed by atoms with E-state index in [1.54, 1.807) is 0 Å². The van der Waals surface area contributed by atoms with Crippen molar-refractivity contribution in [3.8, 4) is 0 Å². The molecule has 18 heavy (non-hydrogen) atoms. The van der Waals surface area contributed by atoms with Crippen molar-refractivity contribution in [1.82, 2.24) is 0 Å². The van der Waals surface area contributed by atoms with Crippen molar-refractivity contribution in [3.05, 3.63) is 35.9 Å². The lowest BCUT2D eigenvalue weighted by Gasteiger charge is -2.32. The Labute approximate surface area is 109 Å². The van der Waals surface area contributed by atoms with Crippen LogP contribution in [0.3, 0.4) is 0 Å². The quantitative estimate of drug-likeness (QED) is 0.624. The Morgan fingerprint density at radius 3 is 2.00 bits per heavy atom. The lowest BCUT2D eigenvalue weighted by atomic mass is 9.72. The summed E-state index contributed by atoms with van der Waals surface area (Å²) < 4.78 is 0. The fourth-order valence-electron chi connectivity index (χ4n) is 2.54. The standard InChI is InChI=1S/C16H22O2/c1-2-16(10-6-12-17,11-7-13-18)14-15-8-4-3-5-9-15/h3-5,8-9,12-13H,2,6-7,10-11,14H2,1H3. The predicted molar refractivity (Wildman–Crippen MR) is 73.5 cm³/mol. The summed E-state index contributed by atoms with van der Waals surface area (Å²) in [6.07, 6.45) is 6.83. The van der Waals surface area contributed by atoms with Crippen LogP contribution in [0.15, 0.2) is 30.3 Å². The molecule has 0 bridgehead atoms. The van der Waals surface area contributed by atoms with Crippen molar-refractivity contribution in [3.63, 3.8) is 0 Å². The van der Waals surface area contributed by atoms with Gasteiger partial charge < -0.3 is 9.59 Å². The molecule has 0 atom stereocenters. The molecular formula is C16H22O2. The molecule has 0 aliphatic carbocycles. The molecule has 1 aromatic rings. The van der Waals surface area contributed by atoms with Crippen molar-refractivity contribution in [2.75, 3.05) is 0 Å². The van der Waals surface area contributed by atoms with Crippen LogP contribution in [-0.4, -0.2) is 12.6 Å². The van der Waals surface area contributed by atoms with E-state index in [0.29, 0.717) is 12.8 Å². The molecule has 0 aliphatic rings.